The second kappa shape index (κ2) is 8.87. The molecular formula is C27H31N5O. The molecule has 2 heterocycles. The van der Waals surface area contributed by atoms with Crippen LogP contribution in [0.5, 0.6) is 5.75 Å². The molecule has 1 aliphatic heterocycles. The molecule has 0 spiro atoms. The van der Waals surface area contributed by atoms with E-state index in [0.29, 0.717) is 0 Å². The zero-order chi connectivity index (χ0) is 22.9. The first kappa shape index (κ1) is 21.5. The smallest absolute Gasteiger partial charge is 0.124 e. The number of hydrogen-bond acceptors (Lipinski definition) is 4. The van der Waals surface area contributed by atoms with Crippen LogP contribution in [-0.2, 0) is 6.42 Å². The number of hydrogen-bond donors (Lipinski definition) is 3. The van der Waals surface area contributed by atoms with Gasteiger partial charge in [0.25, 0.3) is 0 Å². The predicted octanol–water partition coefficient (Wildman–Crippen LogP) is 4.85. The number of piperidine rings is 1. The van der Waals surface area contributed by atoms with E-state index < -0.39 is 0 Å². The standard InChI is InChI=1S/C27H31N5O/c1-3-6-25-31-26-17(2)24(33-18-13-15-30-16-14-18)12-11-23(26)32(25)22-10-9-21(27(28)29)19-7-4-5-8-20(19)22/h4-5,7-12,18,30H,3,6,13-16H2,1-2H3,(H3,28,29). The second-order valence-electron chi connectivity index (χ2n) is 8.83. The van der Waals surface area contributed by atoms with E-state index in [9.17, 15) is 0 Å². The van der Waals surface area contributed by atoms with Crippen molar-refractivity contribution in [3.05, 3.63) is 65.5 Å². The fourth-order valence-corrected chi connectivity index (χ4v) is 4.90. The second-order valence-corrected chi connectivity index (χ2v) is 8.83. The zero-order valence-corrected chi connectivity index (χ0v) is 19.3. The summed E-state index contributed by atoms with van der Waals surface area (Å²) in [7, 11) is 0. The van der Waals surface area contributed by atoms with Crippen LogP contribution in [-0.4, -0.2) is 34.6 Å². The van der Waals surface area contributed by atoms with Gasteiger partial charge in [-0.15, -0.1) is 0 Å². The van der Waals surface area contributed by atoms with Gasteiger partial charge < -0.3 is 15.8 Å². The van der Waals surface area contributed by atoms with E-state index >= 15 is 0 Å². The molecule has 33 heavy (non-hydrogen) atoms. The Morgan fingerprint density at radius 1 is 1.12 bits per heavy atom. The van der Waals surface area contributed by atoms with Crippen molar-refractivity contribution < 1.29 is 4.74 Å². The maximum Gasteiger partial charge on any atom is 0.124 e. The average Bonchev–Trinajstić information content (AvgIpc) is 3.19. The minimum Gasteiger partial charge on any atom is -0.490 e. The van der Waals surface area contributed by atoms with Crippen molar-refractivity contribution in [2.75, 3.05) is 13.1 Å². The summed E-state index contributed by atoms with van der Waals surface area (Å²) in [5, 5.41) is 13.4. The molecule has 6 heteroatoms. The molecule has 170 valence electrons. The van der Waals surface area contributed by atoms with Gasteiger partial charge in [-0.1, -0.05) is 31.2 Å². The quantitative estimate of drug-likeness (QED) is 0.295. The fraction of sp³-hybridized carbons (Fsp3) is 0.333. The van der Waals surface area contributed by atoms with E-state index in [0.717, 1.165) is 89.0 Å². The van der Waals surface area contributed by atoms with Crippen LogP contribution in [0.3, 0.4) is 0 Å². The van der Waals surface area contributed by atoms with E-state index in [1.807, 2.05) is 24.3 Å². The molecule has 0 radical (unpaired) electrons. The summed E-state index contributed by atoms with van der Waals surface area (Å²) in [6.45, 7) is 6.30. The predicted molar refractivity (Wildman–Crippen MR) is 135 cm³/mol. The SMILES string of the molecule is CCCc1nc2c(C)c(OC3CCNCC3)ccc2n1-c1ccc(C(=N)N)c2ccccc12. The molecule has 0 saturated carbocycles. The Bertz CT molecular complexity index is 1330. The molecule has 4 aromatic rings. The van der Waals surface area contributed by atoms with Crippen LogP contribution in [0.2, 0.25) is 0 Å². The maximum absolute atomic E-state index is 8.00. The van der Waals surface area contributed by atoms with Gasteiger partial charge in [0.15, 0.2) is 0 Å². The van der Waals surface area contributed by atoms with Crippen molar-refractivity contribution in [2.45, 2.75) is 45.6 Å². The van der Waals surface area contributed by atoms with Crippen LogP contribution in [0.25, 0.3) is 27.5 Å². The largest absolute Gasteiger partial charge is 0.490 e. The van der Waals surface area contributed by atoms with E-state index in [4.69, 9.17) is 20.9 Å². The Kier molecular flexibility index (Phi) is 5.77. The lowest BCUT2D eigenvalue weighted by molar-refractivity contribution is 0.161. The summed E-state index contributed by atoms with van der Waals surface area (Å²) in [5.41, 5.74) is 10.9. The molecule has 0 bridgehead atoms. The highest BCUT2D eigenvalue weighted by Crippen LogP contribution is 2.34. The summed E-state index contributed by atoms with van der Waals surface area (Å²) in [4.78, 5) is 5.10. The first-order chi connectivity index (χ1) is 16.1. The van der Waals surface area contributed by atoms with Gasteiger partial charge in [0, 0.05) is 22.9 Å². The normalized spacial score (nSPS) is 14.7. The van der Waals surface area contributed by atoms with Crippen LogP contribution < -0.4 is 15.8 Å². The molecule has 4 N–H and O–H groups in total. The van der Waals surface area contributed by atoms with Crippen molar-refractivity contribution >= 4 is 27.6 Å². The molecule has 0 aliphatic carbocycles. The highest BCUT2D eigenvalue weighted by Gasteiger charge is 2.21. The van der Waals surface area contributed by atoms with Crippen LogP contribution in [0.4, 0.5) is 0 Å². The number of aryl methyl sites for hydroxylation is 2. The van der Waals surface area contributed by atoms with E-state index in [-0.39, 0.29) is 11.9 Å². The third kappa shape index (κ3) is 3.85. The first-order valence-corrected chi connectivity index (χ1v) is 11.8. The number of nitrogens with two attached hydrogens (primary N) is 1. The van der Waals surface area contributed by atoms with Crippen molar-refractivity contribution in [3.63, 3.8) is 0 Å². The molecule has 1 aliphatic rings. The zero-order valence-electron chi connectivity index (χ0n) is 19.3. The summed E-state index contributed by atoms with van der Waals surface area (Å²) in [6, 6.07) is 16.4. The van der Waals surface area contributed by atoms with Crippen LogP contribution in [0, 0.1) is 12.3 Å². The minimum atomic E-state index is 0.0811. The van der Waals surface area contributed by atoms with Crippen LogP contribution in [0.1, 0.15) is 43.1 Å². The van der Waals surface area contributed by atoms with Crippen molar-refractivity contribution in [3.8, 4) is 11.4 Å². The number of imidazole rings is 1. The van der Waals surface area contributed by atoms with Crippen molar-refractivity contribution in [1.29, 1.82) is 5.41 Å². The Morgan fingerprint density at radius 3 is 2.61 bits per heavy atom. The number of benzene rings is 3. The number of rotatable bonds is 6. The average molecular weight is 442 g/mol. The topological polar surface area (TPSA) is 89.0 Å². The highest BCUT2D eigenvalue weighted by atomic mass is 16.5. The third-order valence-corrected chi connectivity index (χ3v) is 6.59. The number of ether oxygens (including phenoxy) is 1. The summed E-state index contributed by atoms with van der Waals surface area (Å²) in [6.07, 6.45) is 4.19. The molecule has 1 saturated heterocycles. The lowest BCUT2D eigenvalue weighted by atomic mass is 10.0. The van der Waals surface area contributed by atoms with Gasteiger partial charge in [-0.25, -0.2) is 4.98 Å². The molecule has 1 fully saturated rings. The van der Waals surface area contributed by atoms with Gasteiger partial charge >= 0.3 is 0 Å². The number of nitrogens with one attached hydrogen (secondary N) is 2. The third-order valence-electron chi connectivity index (χ3n) is 6.59. The van der Waals surface area contributed by atoms with Crippen LogP contribution in [0.15, 0.2) is 48.5 Å². The lowest BCUT2D eigenvalue weighted by Gasteiger charge is -2.24. The van der Waals surface area contributed by atoms with Gasteiger partial charge in [0.05, 0.1) is 16.7 Å². The number of nitrogens with zero attached hydrogens (tertiary/aromatic N) is 2. The summed E-state index contributed by atoms with van der Waals surface area (Å²) < 4.78 is 8.66. The number of nitrogen functional groups attached to an aromatic ring is 1. The number of aromatic nitrogens is 2. The molecule has 0 unspecified atom stereocenters. The van der Waals surface area contributed by atoms with Gasteiger partial charge in [0.1, 0.15) is 23.5 Å². The van der Waals surface area contributed by atoms with E-state index in [2.05, 4.69) is 48.0 Å². The Balaban J connectivity index is 1.68. The van der Waals surface area contributed by atoms with E-state index in [1.54, 1.807) is 0 Å². The monoisotopic (exact) mass is 441 g/mol. The molecule has 0 atom stereocenters. The van der Waals surface area contributed by atoms with Gasteiger partial charge in [-0.2, -0.15) is 0 Å². The summed E-state index contributed by atoms with van der Waals surface area (Å²) >= 11 is 0. The van der Waals surface area contributed by atoms with E-state index in [1.165, 1.54) is 0 Å². The number of fused-ring (bicyclic) bond motifs is 2. The molecule has 0 amide bonds. The van der Waals surface area contributed by atoms with Gasteiger partial charge in [-0.05, 0) is 68.9 Å². The van der Waals surface area contributed by atoms with Gasteiger partial charge in [0.2, 0.25) is 0 Å². The molecule has 1 aromatic heterocycles. The minimum absolute atomic E-state index is 0.0811. The van der Waals surface area contributed by atoms with Crippen molar-refractivity contribution in [1.82, 2.24) is 14.9 Å². The summed E-state index contributed by atoms with van der Waals surface area (Å²) in [5.74, 6) is 2.05. The fourth-order valence-electron chi connectivity index (χ4n) is 4.90. The van der Waals surface area contributed by atoms with Crippen molar-refractivity contribution in [2.24, 2.45) is 5.73 Å². The highest BCUT2D eigenvalue weighted by molar-refractivity contribution is 6.10. The first-order valence-electron chi connectivity index (χ1n) is 11.8. The maximum atomic E-state index is 8.00. The Hall–Kier alpha value is -3.38. The van der Waals surface area contributed by atoms with Crippen LogP contribution >= 0.6 is 0 Å². The Morgan fingerprint density at radius 2 is 1.88 bits per heavy atom. The lowest BCUT2D eigenvalue weighted by Crippen LogP contribution is -2.34. The molecule has 6 nitrogen and oxygen atoms in total. The number of amidine groups is 1. The molecule has 3 aromatic carbocycles. The van der Waals surface area contributed by atoms with Gasteiger partial charge in [-0.3, -0.25) is 9.98 Å². The molecular weight excluding hydrogens is 410 g/mol. The molecule has 5 rings (SSSR count). The Labute approximate surface area is 194 Å².